The second-order valence-corrected chi connectivity index (χ2v) is 5.53. The molecule has 1 aromatic carbocycles. The molecule has 1 aliphatic rings. The van der Waals surface area contributed by atoms with Crippen LogP contribution in [0.15, 0.2) is 24.3 Å². The summed E-state index contributed by atoms with van der Waals surface area (Å²) in [5, 5.41) is 6.93. The Bertz CT molecular complexity index is 415. The molecule has 0 radical (unpaired) electrons. The monoisotopic (exact) mass is 280 g/mol. The van der Waals surface area contributed by atoms with E-state index in [1.807, 2.05) is 12.1 Å². The fourth-order valence-electron chi connectivity index (χ4n) is 2.47. The van der Waals surface area contributed by atoms with Crippen molar-refractivity contribution in [1.82, 2.24) is 10.6 Å². The Hall–Kier alpha value is -1.06. The van der Waals surface area contributed by atoms with Crippen LogP contribution in [0.5, 0.6) is 0 Å². The van der Waals surface area contributed by atoms with Gasteiger partial charge < -0.3 is 10.6 Å². The van der Waals surface area contributed by atoms with Crippen molar-refractivity contribution in [1.29, 1.82) is 0 Å². The van der Waals surface area contributed by atoms with Crippen LogP contribution in [0, 0.1) is 5.92 Å². The summed E-state index contributed by atoms with van der Waals surface area (Å²) in [6.07, 6.45) is 4.36. The molecule has 104 valence electrons. The molecule has 3 nitrogen and oxygen atoms in total. The van der Waals surface area contributed by atoms with E-state index in [2.05, 4.69) is 22.8 Å². The molecule has 1 saturated carbocycles. The number of carbonyl (C=O) groups is 1. The van der Waals surface area contributed by atoms with E-state index in [-0.39, 0.29) is 5.91 Å². The second-order valence-electron chi connectivity index (χ2n) is 5.10. The van der Waals surface area contributed by atoms with E-state index in [1.165, 1.54) is 24.8 Å². The van der Waals surface area contributed by atoms with Crippen LogP contribution in [0.3, 0.4) is 0 Å². The van der Waals surface area contributed by atoms with Crippen LogP contribution in [0.25, 0.3) is 0 Å². The first-order chi connectivity index (χ1) is 9.20. The maximum Gasteiger partial charge on any atom is 0.221 e. The summed E-state index contributed by atoms with van der Waals surface area (Å²) in [5.74, 6) is 0.766. The smallest absolute Gasteiger partial charge is 0.221 e. The number of hydrogen-bond donors (Lipinski definition) is 2. The van der Waals surface area contributed by atoms with Crippen molar-refractivity contribution < 1.29 is 4.79 Å². The van der Waals surface area contributed by atoms with Crippen LogP contribution >= 0.6 is 11.6 Å². The average molecular weight is 281 g/mol. The van der Waals surface area contributed by atoms with Gasteiger partial charge in [0.15, 0.2) is 0 Å². The predicted molar refractivity (Wildman–Crippen MR) is 78.2 cm³/mol. The van der Waals surface area contributed by atoms with Crippen molar-refractivity contribution in [3.05, 3.63) is 34.9 Å². The normalized spacial score (nSPS) is 16.7. The zero-order valence-electron chi connectivity index (χ0n) is 11.3. The molecular weight excluding hydrogens is 260 g/mol. The molecule has 0 saturated heterocycles. The molecule has 1 aromatic rings. The Morgan fingerprint density at radius 3 is 2.58 bits per heavy atom. The van der Waals surface area contributed by atoms with Gasteiger partial charge in [-0.3, -0.25) is 4.79 Å². The van der Waals surface area contributed by atoms with Gasteiger partial charge in [0.05, 0.1) is 0 Å². The standard InChI is InChI=1S/C15H21ClN2O/c1-17-14(19)9-10-18-15(11-3-2-4-11)12-5-7-13(16)8-6-12/h5-8,11,15,18H,2-4,9-10H2,1H3,(H,17,19)/t15-/m1/s1. The molecule has 0 aliphatic heterocycles. The molecule has 2 rings (SSSR count). The van der Waals surface area contributed by atoms with E-state index in [1.54, 1.807) is 7.05 Å². The SMILES string of the molecule is CNC(=O)CCN[C@@H](c1ccc(Cl)cc1)C1CCC1. The van der Waals surface area contributed by atoms with Gasteiger partial charge in [0.25, 0.3) is 0 Å². The first-order valence-corrected chi connectivity index (χ1v) is 7.28. The number of hydrogen-bond acceptors (Lipinski definition) is 2. The predicted octanol–water partition coefficient (Wildman–Crippen LogP) is 2.91. The molecule has 0 spiro atoms. The van der Waals surface area contributed by atoms with Crippen LogP contribution in [-0.2, 0) is 4.79 Å². The van der Waals surface area contributed by atoms with Crippen molar-refractivity contribution in [3.8, 4) is 0 Å². The zero-order valence-corrected chi connectivity index (χ0v) is 12.0. The highest BCUT2D eigenvalue weighted by Gasteiger charge is 2.28. The number of nitrogens with one attached hydrogen (secondary N) is 2. The molecule has 1 fully saturated rings. The minimum absolute atomic E-state index is 0.0796. The Labute approximate surface area is 119 Å². The molecule has 4 heteroatoms. The quantitative estimate of drug-likeness (QED) is 0.841. The third-order valence-corrected chi connectivity index (χ3v) is 4.10. The molecular formula is C15H21ClN2O. The summed E-state index contributed by atoms with van der Waals surface area (Å²) < 4.78 is 0. The Morgan fingerprint density at radius 2 is 2.05 bits per heavy atom. The average Bonchev–Trinajstić information content (AvgIpc) is 2.36. The van der Waals surface area contributed by atoms with Gasteiger partial charge in [0.2, 0.25) is 5.91 Å². The second kappa shape index (κ2) is 6.92. The van der Waals surface area contributed by atoms with E-state index in [9.17, 15) is 4.79 Å². The number of benzene rings is 1. The lowest BCUT2D eigenvalue weighted by Crippen LogP contribution is -2.34. The number of halogens is 1. The van der Waals surface area contributed by atoms with Crippen molar-refractivity contribution in [2.45, 2.75) is 31.7 Å². The highest BCUT2D eigenvalue weighted by atomic mass is 35.5. The van der Waals surface area contributed by atoms with E-state index >= 15 is 0 Å². The van der Waals surface area contributed by atoms with Gasteiger partial charge in [-0.1, -0.05) is 30.2 Å². The topological polar surface area (TPSA) is 41.1 Å². The molecule has 0 aromatic heterocycles. The lowest BCUT2D eigenvalue weighted by atomic mass is 9.77. The number of carbonyl (C=O) groups excluding carboxylic acids is 1. The lowest BCUT2D eigenvalue weighted by molar-refractivity contribution is -0.120. The van der Waals surface area contributed by atoms with Gasteiger partial charge in [-0.05, 0) is 36.5 Å². The molecule has 19 heavy (non-hydrogen) atoms. The molecule has 1 aliphatic carbocycles. The minimum Gasteiger partial charge on any atom is -0.359 e. The zero-order chi connectivity index (χ0) is 13.7. The van der Waals surface area contributed by atoms with E-state index < -0.39 is 0 Å². The largest absolute Gasteiger partial charge is 0.359 e. The van der Waals surface area contributed by atoms with Crippen LogP contribution in [0.4, 0.5) is 0 Å². The summed E-state index contributed by atoms with van der Waals surface area (Å²) in [6, 6.07) is 8.37. The van der Waals surface area contributed by atoms with Gasteiger partial charge in [0, 0.05) is 31.1 Å². The summed E-state index contributed by atoms with van der Waals surface area (Å²) in [7, 11) is 1.67. The molecule has 0 unspecified atom stereocenters. The number of rotatable bonds is 6. The maximum absolute atomic E-state index is 11.3. The van der Waals surface area contributed by atoms with E-state index in [0.29, 0.717) is 24.9 Å². The minimum atomic E-state index is 0.0796. The molecule has 2 N–H and O–H groups in total. The third-order valence-electron chi connectivity index (χ3n) is 3.85. The Balaban J connectivity index is 1.95. The van der Waals surface area contributed by atoms with E-state index in [0.717, 1.165) is 5.02 Å². The summed E-state index contributed by atoms with van der Waals surface area (Å²) in [6.45, 7) is 0.712. The Kier molecular flexibility index (Phi) is 5.23. The molecule has 1 amide bonds. The fraction of sp³-hybridized carbons (Fsp3) is 0.533. The van der Waals surface area contributed by atoms with Crippen molar-refractivity contribution in [2.75, 3.05) is 13.6 Å². The van der Waals surface area contributed by atoms with Gasteiger partial charge in [-0.15, -0.1) is 0 Å². The van der Waals surface area contributed by atoms with Crippen molar-refractivity contribution in [3.63, 3.8) is 0 Å². The maximum atomic E-state index is 11.3. The van der Waals surface area contributed by atoms with Gasteiger partial charge in [-0.2, -0.15) is 0 Å². The van der Waals surface area contributed by atoms with Gasteiger partial charge >= 0.3 is 0 Å². The first-order valence-electron chi connectivity index (χ1n) is 6.90. The van der Waals surface area contributed by atoms with Crippen molar-refractivity contribution in [2.24, 2.45) is 5.92 Å². The molecule has 1 atom stereocenters. The van der Waals surface area contributed by atoms with Gasteiger partial charge in [-0.25, -0.2) is 0 Å². The summed E-state index contributed by atoms with van der Waals surface area (Å²) in [5.41, 5.74) is 1.27. The Morgan fingerprint density at radius 1 is 1.37 bits per heavy atom. The van der Waals surface area contributed by atoms with Gasteiger partial charge in [0.1, 0.15) is 0 Å². The molecule has 0 bridgehead atoms. The summed E-state index contributed by atoms with van der Waals surface area (Å²) >= 11 is 5.94. The first kappa shape index (κ1) is 14.4. The third kappa shape index (κ3) is 3.95. The van der Waals surface area contributed by atoms with Crippen LogP contribution in [0.1, 0.15) is 37.3 Å². The fourth-order valence-corrected chi connectivity index (χ4v) is 2.59. The lowest BCUT2D eigenvalue weighted by Gasteiger charge is -2.35. The summed E-state index contributed by atoms with van der Waals surface area (Å²) in [4.78, 5) is 11.3. The van der Waals surface area contributed by atoms with Crippen LogP contribution in [-0.4, -0.2) is 19.5 Å². The van der Waals surface area contributed by atoms with Crippen LogP contribution in [0.2, 0.25) is 5.02 Å². The highest BCUT2D eigenvalue weighted by Crippen LogP contribution is 2.37. The highest BCUT2D eigenvalue weighted by molar-refractivity contribution is 6.30. The number of amides is 1. The van der Waals surface area contributed by atoms with E-state index in [4.69, 9.17) is 11.6 Å². The van der Waals surface area contributed by atoms with Crippen molar-refractivity contribution >= 4 is 17.5 Å². The van der Waals surface area contributed by atoms with Crippen LogP contribution < -0.4 is 10.6 Å². The molecule has 0 heterocycles.